The van der Waals surface area contributed by atoms with Crippen LogP contribution in [-0.4, -0.2) is 18.1 Å². The molecule has 0 bridgehead atoms. The molecule has 2 N–H and O–H groups in total. The van der Waals surface area contributed by atoms with Gasteiger partial charge in [0.1, 0.15) is 0 Å². The van der Waals surface area contributed by atoms with E-state index in [0.29, 0.717) is 0 Å². The average molecular weight is 241 g/mol. The van der Waals surface area contributed by atoms with Crippen molar-refractivity contribution in [1.29, 1.82) is 0 Å². The third-order valence-corrected chi connectivity index (χ3v) is 3.09. The quantitative estimate of drug-likeness (QED) is 0.822. The average Bonchev–Trinajstić information content (AvgIpc) is 2.24. The van der Waals surface area contributed by atoms with Crippen molar-refractivity contribution in [2.45, 2.75) is 32.1 Å². The molecule has 0 saturated carbocycles. The zero-order chi connectivity index (χ0) is 12.3. The minimum Gasteiger partial charge on any atom is -0.381 e. The van der Waals surface area contributed by atoms with Crippen molar-refractivity contribution in [3.05, 3.63) is 17.7 Å². The second-order valence-corrected chi connectivity index (χ2v) is 4.42. The zero-order valence-corrected chi connectivity index (χ0v) is 9.75. The Hall–Kier alpha value is -1.39. The van der Waals surface area contributed by atoms with Crippen molar-refractivity contribution >= 4 is 11.6 Å². The van der Waals surface area contributed by atoms with Crippen LogP contribution in [0.1, 0.15) is 32.1 Å². The molecule has 1 aliphatic heterocycles. The highest BCUT2D eigenvalue weighted by atomic mass is 19.1. The summed E-state index contributed by atoms with van der Waals surface area (Å²) in [7, 11) is 0. The lowest BCUT2D eigenvalue weighted by atomic mass is 10.1. The summed E-state index contributed by atoms with van der Waals surface area (Å²) in [4.78, 5) is 5.69. The van der Waals surface area contributed by atoms with Gasteiger partial charge in [-0.25, -0.2) is 13.8 Å². The molecule has 1 aliphatic rings. The monoisotopic (exact) mass is 241 g/mol. The van der Waals surface area contributed by atoms with Gasteiger partial charge in [-0.1, -0.05) is 19.3 Å². The van der Waals surface area contributed by atoms with Crippen LogP contribution in [0.3, 0.4) is 0 Å². The Morgan fingerprint density at radius 1 is 1.00 bits per heavy atom. The van der Waals surface area contributed by atoms with E-state index in [0.717, 1.165) is 44.8 Å². The van der Waals surface area contributed by atoms with E-state index >= 15 is 0 Å². The SMILES string of the molecule is Nc1nc(N2CCCCCCC2)c(F)cc1F. The summed E-state index contributed by atoms with van der Waals surface area (Å²) in [6, 6.07) is 0.816. The van der Waals surface area contributed by atoms with Crippen LogP contribution >= 0.6 is 0 Å². The normalized spacial score (nSPS) is 17.6. The van der Waals surface area contributed by atoms with Gasteiger partial charge >= 0.3 is 0 Å². The van der Waals surface area contributed by atoms with E-state index in [4.69, 9.17) is 5.73 Å². The maximum atomic E-state index is 13.6. The first kappa shape index (κ1) is 12.1. The van der Waals surface area contributed by atoms with Gasteiger partial charge in [0, 0.05) is 19.2 Å². The van der Waals surface area contributed by atoms with Crippen LogP contribution in [-0.2, 0) is 0 Å². The molecule has 0 spiro atoms. The molecule has 1 saturated heterocycles. The second-order valence-electron chi connectivity index (χ2n) is 4.42. The molecular weight excluding hydrogens is 224 g/mol. The first-order valence-electron chi connectivity index (χ1n) is 6.05. The van der Waals surface area contributed by atoms with E-state index in [1.807, 2.05) is 4.90 Å². The molecular formula is C12H17F2N3. The molecule has 0 unspecified atom stereocenters. The minimum atomic E-state index is -0.793. The van der Waals surface area contributed by atoms with E-state index < -0.39 is 11.6 Å². The number of rotatable bonds is 1. The van der Waals surface area contributed by atoms with Gasteiger partial charge in [0.05, 0.1) is 0 Å². The van der Waals surface area contributed by atoms with Gasteiger partial charge in [-0.15, -0.1) is 0 Å². The number of hydrogen-bond acceptors (Lipinski definition) is 3. The van der Waals surface area contributed by atoms with Crippen molar-refractivity contribution in [1.82, 2.24) is 4.98 Å². The molecule has 0 atom stereocenters. The number of anilines is 2. The van der Waals surface area contributed by atoms with E-state index in [1.54, 1.807) is 0 Å². The van der Waals surface area contributed by atoms with Gasteiger partial charge in [-0.3, -0.25) is 0 Å². The number of hydrogen-bond donors (Lipinski definition) is 1. The van der Waals surface area contributed by atoms with Gasteiger partial charge in [-0.2, -0.15) is 0 Å². The van der Waals surface area contributed by atoms with Crippen molar-refractivity contribution in [3.8, 4) is 0 Å². The Morgan fingerprint density at radius 2 is 1.59 bits per heavy atom. The summed E-state index contributed by atoms with van der Waals surface area (Å²) in [5.74, 6) is -1.47. The maximum absolute atomic E-state index is 13.6. The standard InChI is InChI=1S/C12H17F2N3/c13-9-8-10(14)12(16-11(9)15)17-6-4-2-1-3-5-7-17/h8H,1-7H2,(H2,15,16). The molecule has 94 valence electrons. The highest BCUT2D eigenvalue weighted by Gasteiger charge is 2.17. The number of aromatic nitrogens is 1. The smallest absolute Gasteiger partial charge is 0.168 e. The van der Waals surface area contributed by atoms with Crippen LogP contribution in [0, 0.1) is 11.6 Å². The van der Waals surface area contributed by atoms with Crippen LogP contribution in [0.5, 0.6) is 0 Å². The number of halogens is 2. The van der Waals surface area contributed by atoms with E-state index in [-0.39, 0.29) is 11.6 Å². The van der Waals surface area contributed by atoms with Gasteiger partial charge in [-0.05, 0) is 12.8 Å². The third-order valence-electron chi connectivity index (χ3n) is 3.09. The zero-order valence-electron chi connectivity index (χ0n) is 9.75. The minimum absolute atomic E-state index is 0.186. The lowest BCUT2D eigenvalue weighted by Gasteiger charge is -2.26. The Labute approximate surface area is 99.6 Å². The predicted molar refractivity (Wildman–Crippen MR) is 63.9 cm³/mol. The molecule has 0 aliphatic carbocycles. The van der Waals surface area contributed by atoms with Crippen LogP contribution in [0.2, 0.25) is 0 Å². The Kier molecular flexibility index (Phi) is 3.76. The molecule has 5 heteroatoms. The summed E-state index contributed by atoms with van der Waals surface area (Å²) < 4.78 is 26.7. The van der Waals surface area contributed by atoms with Crippen molar-refractivity contribution in [2.75, 3.05) is 23.7 Å². The fourth-order valence-corrected chi connectivity index (χ4v) is 2.15. The van der Waals surface area contributed by atoms with Crippen molar-refractivity contribution < 1.29 is 8.78 Å². The summed E-state index contributed by atoms with van der Waals surface area (Å²) in [5, 5.41) is 0. The number of nitrogens with two attached hydrogens (primary N) is 1. The molecule has 1 aromatic rings. The van der Waals surface area contributed by atoms with Crippen molar-refractivity contribution in [2.24, 2.45) is 0 Å². The third kappa shape index (κ3) is 2.84. The summed E-state index contributed by atoms with van der Waals surface area (Å²) in [6.45, 7) is 1.52. The van der Waals surface area contributed by atoms with Crippen LogP contribution < -0.4 is 10.6 Å². The lowest BCUT2D eigenvalue weighted by molar-refractivity contribution is 0.533. The largest absolute Gasteiger partial charge is 0.381 e. The topological polar surface area (TPSA) is 42.1 Å². The fourth-order valence-electron chi connectivity index (χ4n) is 2.15. The van der Waals surface area contributed by atoms with E-state index in [1.165, 1.54) is 6.42 Å². The van der Waals surface area contributed by atoms with E-state index in [2.05, 4.69) is 4.98 Å². The van der Waals surface area contributed by atoms with Gasteiger partial charge < -0.3 is 10.6 Å². The van der Waals surface area contributed by atoms with Crippen LogP contribution in [0.15, 0.2) is 6.07 Å². The molecule has 0 amide bonds. The fraction of sp³-hybridized carbons (Fsp3) is 0.583. The highest BCUT2D eigenvalue weighted by Crippen LogP contribution is 2.23. The Balaban J connectivity index is 2.21. The van der Waals surface area contributed by atoms with Crippen LogP contribution in [0.4, 0.5) is 20.4 Å². The molecule has 2 heterocycles. The van der Waals surface area contributed by atoms with E-state index in [9.17, 15) is 8.78 Å². The molecule has 0 aromatic carbocycles. The molecule has 0 radical (unpaired) electrons. The molecule has 2 rings (SSSR count). The maximum Gasteiger partial charge on any atom is 0.168 e. The Bertz CT molecular complexity index is 388. The first-order valence-corrected chi connectivity index (χ1v) is 6.05. The molecule has 1 aromatic heterocycles. The summed E-state index contributed by atoms with van der Waals surface area (Å²) in [5.41, 5.74) is 5.39. The lowest BCUT2D eigenvalue weighted by Crippen LogP contribution is -2.29. The van der Waals surface area contributed by atoms with Gasteiger partial charge in [0.25, 0.3) is 0 Å². The summed E-state index contributed by atoms with van der Waals surface area (Å²) >= 11 is 0. The number of nitrogen functional groups attached to an aromatic ring is 1. The second kappa shape index (κ2) is 5.29. The molecule has 17 heavy (non-hydrogen) atoms. The predicted octanol–water partition coefficient (Wildman–Crippen LogP) is 2.71. The number of nitrogens with zero attached hydrogens (tertiary/aromatic N) is 2. The number of pyridine rings is 1. The van der Waals surface area contributed by atoms with Crippen molar-refractivity contribution in [3.63, 3.8) is 0 Å². The van der Waals surface area contributed by atoms with Crippen LogP contribution in [0.25, 0.3) is 0 Å². The highest BCUT2D eigenvalue weighted by molar-refractivity contribution is 5.47. The summed E-state index contributed by atoms with van der Waals surface area (Å²) in [6.07, 6.45) is 5.55. The molecule has 3 nitrogen and oxygen atoms in total. The first-order chi connectivity index (χ1) is 8.18. The van der Waals surface area contributed by atoms with Gasteiger partial charge in [0.15, 0.2) is 23.3 Å². The van der Waals surface area contributed by atoms with Gasteiger partial charge in [0.2, 0.25) is 0 Å². The Morgan fingerprint density at radius 3 is 2.24 bits per heavy atom. The molecule has 1 fully saturated rings.